The maximum Gasteiger partial charge on any atom is 0.353 e. The summed E-state index contributed by atoms with van der Waals surface area (Å²) in [4.78, 5) is 28.9. The maximum absolute atomic E-state index is 11.9. The molecule has 2 aliphatic heterocycles. The highest BCUT2D eigenvalue weighted by Crippen LogP contribution is 2.47. The summed E-state index contributed by atoms with van der Waals surface area (Å²) in [6.45, 7) is 3.85. The lowest BCUT2D eigenvalue weighted by Crippen LogP contribution is -2.58. The van der Waals surface area contributed by atoms with Crippen LogP contribution in [0.5, 0.6) is 0 Å². The van der Waals surface area contributed by atoms with Gasteiger partial charge in [-0.15, -0.1) is 11.8 Å². The fraction of sp³-hybridized carbons (Fsp3) is 0.417. The van der Waals surface area contributed by atoms with E-state index in [-0.39, 0.29) is 17.5 Å². The van der Waals surface area contributed by atoms with Crippen molar-refractivity contribution >= 4 is 30.0 Å². The Labute approximate surface area is 119 Å². The summed E-state index contributed by atoms with van der Waals surface area (Å²) in [5, 5.41) is 18.7. The highest BCUT2D eigenvalue weighted by Gasteiger charge is 2.56. The number of nitrogens with zero attached hydrogens (tertiary/aromatic N) is 2. The maximum atomic E-state index is 11.9. The molecule has 0 aromatic rings. The van der Waals surface area contributed by atoms with E-state index in [1.54, 1.807) is 0 Å². The van der Waals surface area contributed by atoms with Crippen molar-refractivity contribution in [2.45, 2.75) is 12.5 Å². The van der Waals surface area contributed by atoms with Gasteiger partial charge in [0.15, 0.2) is 0 Å². The number of aliphatic hydroxyl groups is 1. The molecule has 2 heterocycles. The molecule has 1 amide bonds. The number of carbonyl (C=O) groups excluding carboxylic acids is 1. The Kier molecular flexibility index (Phi) is 4.03. The minimum absolute atomic E-state index is 0.0132. The van der Waals surface area contributed by atoms with Gasteiger partial charge in [0.05, 0.1) is 24.7 Å². The van der Waals surface area contributed by atoms with Gasteiger partial charge in [0, 0.05) is 17.1 Å². The third-order valence-corrected chi connectivity index (χ3v) is 4.38. The molecule has 7 nitrogen and oxygen atoms in total. The Morgan fingerprint density at radius 1 is 1.60 bits per heavy atom. The summed E-state index contributed by atoms with van der Waals surface area (Å²) >= 11 is 1.35. The molecule has 0 aromatic carbocycles. The number of fused-ring (bicyclic) bond motifs is 1. The van der Waals surface area contributed by atoms with Crippen LogP contribution in [0.25, 0.3) is 0 Å². The quantitative estimate of drug-likeness (QED) is 0.213. The number of carboxylic acid groups (broad SMARTS) is 1. The molecule has 0 bridgehead atoms. The monoisotopic (exact) mass is 297 g/mol. The molecule has 20 heavy (non-hydrogen) atoms. The molecular formula is C12H15N3O4S. The van der Waals surface area contributed by atoms with Crippen molar-refractivity contribution in [3.8, 4) is 0 Å². The van der Waals surface area contributed by atoms with Gasteiger partial charge in [-0.3, -0.25) is 9.79 Å². The minimum Gasteiger partial charge on any atom is -0.512 e. The van der Waals surface area contributed by atoms with Crippen LogP contribution in [0, 0.1) is 5.92 Å². The lowest BCUT2D eigenvalue weighted by molar-refractivity contribution is -0.154. The van der Waals surface area contributed by atoms with E-state index in [0.717, 1.165) is 0 Å². The first-order valence-electron chi connectivity index (χ1n) is 5.99. The lowest BCUT2D eigenvalue weighted by atomic mass is 9.86. The van der Waals surface area contributed by atoms with Crippen molar-refractivity contribution in [1.29, 1.82) is 0 Å². The summed E-state index contributed by atoms with van der Waals surface area (Å²) < 4.78 is 0. The van der Waals surface area contributed by atoms with Crippen LogP contribution in [-0.4, -0.2) is 51.7 Å². The predicted molar refractivity (Wildman–Crippen MR) is 75.2 cm³/mol. The van der Waals surface area contributed by atoms with Crippen LogP contribution >= 0.6 is 11.8 Å². The van der Waals surface area contributed by atoms with Crippen molar-refractivity contribution in [1.82, 2.24) is 4.90 Å². The summed E-state index contributed by atoms with van der Waals surface area (Å²) in [7, 11) is 0. The van der Waals surface area contributed by atoms with Crippen molar-refractivity contribution in [2.24, 2.45) is 16.6 Å². The highest BCUT2D eigenvalue weighted by molar-refractivity contribution is 8.03. The molecule has 0 aromatic heterocycles. The molecule has 0 aliphatic carbocycles. The average molecular weight is 297 g/mol. The van der Waals surface area contributed by atoms with Crippen LogP contribution in [-0.2, 0) is 9.59 Å². The fourth-order valence-corrected chi connectivity index (χ4v) is 3.52. The van der Waals surface area contributed by atoms with Gasteiger partial charge in [-0.1, -0.05) is 6.58 Å². The number of aliphatic imine (C=N–C) groups is 1. The van der Waals surface area contributed by atoms with Gasteiger partial charge in [0.25, 0.3) is 0 Å². The molecule has 0 saturated carbocycles. The second-order valence-electron chi connectivity index (χ2n) is 4.43. The highest BCUT2D eigenvalue weighted by atomic mass is 32.2. The van der Waals surface area contributed by atoms with Gasteiger partial charge in [-0.05, 0) is 0 Å². The van der Waals surface area contributed by atoms with Crippen LogP contribution in [0.15, 0.2) is 27.9 Å². The molecule has 2 aliphatic rings. The SMILES string of the molecule is C=C(O)[C@H]1C(=O)N2C(C(=O)O)=C(SCCN=CN)C[C@H]12. The normalized spacial score (nSPS) is 25.0. The van der Waals surface area contributed by atoms with Gasteiger partial charge >= 0.3 is 5.97 Å². The Morgan fingerprint density at radius 2 is 2.30 bits per heavy atom. The first kappa shape index (κ1) is 14.4. The van der Waals surface area contributed by atoms with Gasteiger partial charge in [0.2, 0.25) is 5.91 Å². The lowest BCUT2D eigenvalue weighted by Gasteiger charge is -2.42. The Morgan fingerprint density at radius 3 is 2.85 bits per heavy atom. The summed E-state index contributed by atoms with van der Waals surface area (Å²) in [5.74, 6) is -1.85. The molecule has 108 valence electrons. The molecule has 1 saturated heterocycles. The van der Waals surface area contributed by atoms with E-state index in [4.69, 9.17) is 5.73 Å². The third-order valence-electron chi connectivity index (χ3n) is 3.28. The summed E-state index contributed by atoms with van der Waals surface area (Å²) in [5.41, 5.74) is 5.14. The average Bonchev–Trinajstić information content (AvgIpc) is 2.69. The van der Waals surface area contributed by atoms with Gasteiger partial charge in [-0.25, -0.2) is 4.79 Å². The number of amides is 1. The number of hydrogen-bond donors (Lipinski definition) is 3. The van der Waals surface area contributed by atoms with Crippen molar-refractivity contribution in [3.63, 3.8) is 0 Å². The molecule has 2 atom stereocenters. The minimum atomic E-state index is -1.13. The number of thioether (sulfide) groups is 1. The van der Waals surface area contributed by atoms with Crippen LogP contribution in [0.3, 0.4) is 0 Å². The van der Waals surface area contributed by atoms with Gasteiger partial charge in [0.1, 0.15) is 11.6 Å². The zero-order valence-electron chi connectivity index (χ0n) is 10.7. The second kappa shape index (κ2) is 5.58. The van der Waals surface area contributed by atoms with E-state index in [1.807, 2.05) is 0 Å². The molecule has 1 fully saturated rings. The van der Waals surface area contributed by atoms with E-state index >= 15 is 0 Å². The number of nitrogens with two attached hydrogens (primary N) is 1. The smallest absolute Gasteiger partial charge is 0.353 e. The van der Waals surface area contributed by atoms with E-state index in [9.17, 15) is 19.8 Å². The van der Waals surface area contributed by atoms with Gasteiger partial charge < -0.3 is 20.8 Å². The van der Waals surface area contributed by atoms with E-state index in [2.05, 4.69) is 11.6 Å². The van der Waals surface area contributed by atoms with Crippen LogP contribution in [0.2, 0.25) is 0 Å². The Bertz CT molecular complexity index is 529. The van der Waals surface area contributed by atoms with E-state index in [0.29, 0.717) is 23.6 Å². The zero-order valence-corrected chi connectivity index (χ0v) is 11.5. The largest absolute Gasteiger partial charge is 0.512 e. The zero-order chi connectivity index (χ0) is 14.9. The van der Waals surface area contributed by atoms with Crippen molar-refractivity contribution in [3.05, 3.63) is 22.9 Å². The first-order valence-corrected chi connectivity index (χ1v) is 6.97. The number of hydrogen-bond acceptors (Lipinski definition) is 5. The molecule has 0 radical (unpaired) electrons. The topological polar surface area (TPSA) is 116 Å². The first-order chi connectivity index (χ1) is 9.49. The Balaban J connectivity index is 2.13. The second-order valence-corrected chi connectivity index (χ2v) is 5.62. The van der Waals surface area contributed by atoms with Crippen LogP contribution < -0.4 is 5.73 Å². The summed E-state index contributed by atoms with van der Waals surface area (Å²) in [6.07, 6.45) is 1.62. The number of aliphatic carboxylic acids is 1. The molecule has 2 rings (SSSR count). The molecule has 4 N–H and O–H groups in total. The van der Waals surface area contributed by atoms with Crippen LogP contribution in [0.1, 0.15) is 6.42 Å². The Hall–Kier alpha value is -1.96. The standard InChI is InChI=1S/C12H15N3O4S/c1-6(16)9-7-4-8(20-3-2-14-5-13)10(12(18)19)15(7)11(9)17/h5,7,9,16H,1-4H2,(H2,13,14)(H,18,19)/t7-,9-/m1/s1. The van der Waals surface area contributed by atoms with E-state index < -0.39 is 17.8 Å². The number of carboxylic acids is 1. The number of β-lactam (4-membered cyclic amide) rings is 1. The molecule has 8 heteroatoms. The third kappa shape index (κ3) is 2.26. The van der Waals surface area contributed by atoms with E-state index in [1.165, 1.54) is 23.0 Å². The van der Waals surface area contributed by atoms with Crippen molar-refractivity contribution in [2.75, 3.05) is 12.3 Å². The predicted octanol–water partition coefficient (Wildman–Crippen LogP) is 0.305. The summed E-state index contributed by atoms with van der Waals surface area (Å²) in [6, 6.07) is -0.327. The number of rotatable bonds is 6. The number of carbonyl (C=O) groups is 2. The van der Waals surface area contributed by atoms with Crippen molar-refractivity contribution < 1.29 is 19.8 Å². The van der Waals surface area contributed by atoms with Gasteiger partial charge in [-0.2, -0.15) is 0 Å². The number of aliphatic hydroxyl groups excluding tert-OH is 1. The molecular weight excluding hydrogens is 282 g/mol. The fourth-order valence-electron chi connectivity index (χ4n) is 2.46. The van der Waals surface area contributed by atoms with Crippen LogP contribution in [0.4, 0.5) is 0 Å². The molecule has 0 unspecified atom stereocenters. The molecule has 0 spiro atoms.